The third-order valence-electron chi connectivity index (χ3n) is 5.32. The van der Waals surface area contributed by atoms with E-state index in [0.717, 1.165) is 18.4 Å². The first kappa shape index (κ1) is 14.5. The molecule has 110 valence electrons. The molecule has 0 spiro atoms. The average molecular weight is 296 g/mol. The Kier molecular flexibility index (Phi) is 3.34. The summed E-state index contributed by atoms with van der Waals surface area (Å²) in [5.74, 6) is 0. The molecule has 1 saturated carbocycles. The van der Waals surface area contributed by atoms with Gasteiger partial charge < -0.3 is 5.11 Å². The van der Waals surface area contributed by atoms with Crippen LogP contribution in [0, 0.1) is 0 Å². The normalized spacial score (nSPS) is 37.2. The molecule has 0 aromatic heterocycles. The summed E-state index contributed by atoms with van der Waals surface area (Å²) in [5.41, 5.74) is 1.55. The van der Waals surface area contributed by atoms with E-state index in [1.54, 1.807) is 0 Å². The van der Waals surface area contributed by atoms with E-state index >= 15 is 0 Å². The van der Waals surface area contributed by atoms with Crippen LogP contribution < -0.4 is 0 Å². The Morgan fingerprint density at radius 1 is 1.00 bits per heavy atom. The second-order valence-corrected chi connectivity index (χ2v) is 12.6. The Bertz CT molecular complexity index is 621. The fourth-order valence-corrected chi connectivity index (χ4v) is 7.63. The summed E-state index contributed by atoms with van der Waals surface area (Å²) < 4.78 is 0. The number of aliphatic hydroxyl groups is 1. The fourth-order valence-electron chi connectivity index (χ4n) is 4.22. The maximum Gasteiger partial charge on any atom is 0.115 e. The lowest BCUT2D eigenvalue weighted by molar-refractivity contribution is 0.0233. The first-order valence-electron chi connectivity index (χ1n) is 7.75. The number of hydrogen-bond acceptors (Lipinski definition) is 1. The van der Waals surface area contributed by atoms with E-state index in [9.17, 15) is 5.11 Å². The van der Waals surface area contributed by atoms with Crippen molar-refractivity contribution in [1.29, 1.82) is 0 Å². The maximum atomic E-state index is 11.8. The molecule has 1 aromatic rings. The molecular weight excluding hydrogens is 272 g/mol. The fraction of sp³-hybridized carbons (Fsp3) is 0.368. The van der Waals surface area contributed by atoms with Crippen LogP contribution >= 0.6 is 0 Å². The molecule has 2 atom stereocenters. The van der Waals surface area contributed by atoms with Crippen LogP contribution in [0.4, 0.5) is 0 Å². The van der Waals surface area contributed by atoms with Gasteiger partial charge in [0.2, 0.25) is 0 Å². The van der Waals surface area contributed by atoms with Gasteiger partial charge in [0.25, 0.3) is 0 Å². The Morgan fingerprint density at radius 2 is 1.71 bits per heavy atom. The molecule has 0 radical (unpaired) electrons. The minimum atomic E-state index is -1.63. The first-order chi connectivity index (χ1) is 9.92. The predicted octanol–water partition coefficient (Wildman–Crippen LogP) is 4.80. The predicted molar refractivity (Wildman–Crippen MR) is 92.0 cm³/mol. The minimum Gasteiger partial charge on any atom is -0.380 e. The Morgan fingerprint density at radius 3 is 2.29 bits per heavy atom. The van der Waals surface area contributed by atoms with Crippen LogP contribution in [-0.2, 0) is 5.60 Å². The first-order valence-corrected chi connectivity index (χ1v) is 11.3. The van der Waals surface area contributed by atoms with E-state index < -0.39 is 13.7 Å². The molecule has 0 aliphatic heterocycles. The van der Waals surface area contributed by atoms with Crippen molar-refractivity contribution in [2.24, 2.45) is 0 Å². The number of hydrogen-bond donors (Lipinski definition) is 1. The van der Waals surface area contributed by atoms with Gasteiger partial charge >= 0.3 is 0 Å². The zero-order valence-corrected chi connectivity index (χ0v) is 14.1. The Hall–Kier alpha value is -1.38. The molecule has 0 bridgehead atoms. The van der Waals surface area contributed by atoms with Gasteiger partial charge in [-0.3, -0.25) is 0 Å². The highest BCUT2D eigenvalue weighted by Gasteiger charge is 2.63. The zero-order chi connectivity index (χ0) is 15.1. The zero-order valence-electron chi connectivity index (χ0n) is 13.1. The van der Waals surface area contributed by atoms with Gasteiger partial charge in [0.05, 0.1) is 8.07 Å². The van der Waals surface area contributed by atoms with Gasteiger partial charge in [-0.25, -0.2) is 0 Å². The molecule has 0 heterocycles. The molecule has 3 rings (SSSR count). The molecule has 0 unspecified atom stereocenters. The van der Waals surface area contributed by atoms with Crippen molar-refractivity contribution in [3.05, 3.63) is 71.8 Å². The number of allylic oxidation sites excluding steroid dienone is 4. The average Bonchev–Trinajstić information content (AvgIpc) is 2.40. The van der Waals surface area contributed by atoms with Crippen LogP contribution in [0.2, 0.25) is 24.7 Å². The van der Waals surface area contributed by atoms with Crippen LogP contribution in [0.5, 0.6) is 0 Å². The molecule has 1 aromatic carbocycles. The van der Waals surface area contributed by atoms with Crippen molar-refractivity contribution in [3.8, 4) is 0 Å². The van der Waals surface area contributed by atoms with E-state index in [0.29, 0.717) is 0 Å². The quantitative estimate of drug-likeness (QED) is 0.777. The van der Waals surface area contributed by atoms with Gasteiger partial charge in [-0.2, -0.15) is 0 Å². The van der Waals surface area contributed by atoms with Crippen LogP contribution in [0.1, 0.15) is 18.4 Å². The van der Waals surface area contributed by atoms with Crippen LogP contribution in [-0.4, -0.2) is 13.2 Å². The third-order valence-corrected chi connectivity index (χ3v) is 8.83. The van der Waals surface area contributed by atoms with Gasteiger partial charge in [-0.1, -0.05) is 79.9 Å². The van der Waals surface area contributed by atoms with E-state index in [1.165, 1.54) is 5.57 Å². The van der Waals surface area contributed by atoms with Crippen molar-refractivity contribution in [2.45, 2.75) is 43.1 Å². The van der Waals surface area contributed by atoms with Crippen molar-refractivity contribution in [3.63, 3.8) is 0 Å². The van der Waals surface area contributed by atoms with E-state index in [4.69, 9.17) is 0 Å². The van der Waals surface area contributed by atoms with E-state index in [2.05, 4.69) is 43.9 Å². The molecule has 0 amide bonds. The lowest BCUT2D eigenvalue weighted by atomic mass is 9.64. The van der Waals surface area contributed by atoms with Gasteiger partial charge in [0, 0.05) is 5.04 Å². The summed E-state index contributed by atoms with van der Waals surface area (Å²) in [6.07, 6.45) is 12.6. The largest absolute Gasteiger partial charge is 0.380 e. The highest BCUT2D eigenvalue weighted by molar-refractivity contribution is 6.80. The SMILES string of the molecule is C[Si](C)(C)[C@]12CC/C1=C/C=C\C=C/[C@@]2(O)c1ccccc1. The molecule has 1 fully saturated rings. The minimum absolute atomic E-state index is 0.0946. The van der Waals surface area contributed by atoms with E-state index in [1.807, 2.05) is 36.4 Å². The highest BCUT2D eigenvalue weighted by Crippen LogP contribution is 2.69. The molecule has 1 N–H and O–H groups in total. The van der Waals surface area contributed by atoms with Gasteiger partial charge in [-0.15, -0.1) is 0 Å². The van der Waals surface area contributed by atoms with Gasteiger partial charge in [0.15, 0.2) is 0 Å². The molecule has 2 heteroatoms. The second-order valence-electron chi connectivity index (χ2n) is 7.22. The van der Waals surface area contributed by atoms with Crippen molar-refractivity contribution < 1.29 is 5.11 Å². The van der Waals surface area contributed by atoms with Gasteiger partial charge in [0.1, 0.15) is 5.60 Å². The Labute approximate surface area is 128 Å². The number of benzene rings is 1. The number of rotatable bonds is 2. The summed E-state index contributed by atoms with van der Waals surface area (Å²) in [6.45, 7) is 7.15. The Balaban J connectivity index is 2.27. The monoisotopic (exact) mass is 296 g/mol. The summed E-state index contributed by atoms with van der Waals surface area (Å²) >= 11 is 0. The van der Waals surface area contributed by atoms with Gasteiger partial charge in [-0.05, 0) is 24.5 Å². The molecular formula is C19H24OSi. The summed E-state index contributed by atoms with van der Waals surface area (Å²) in [7, 11) is -1.63. The van der Waals surface area contributed by atoms with E-state index in [-0.39, 0.29) is 5.04 Å². The molecule has 1 nitrogen and oxygen atoms in total. The van der Waals surface area contributed by atoms with Crippen molar-refractivity contribution in [2.75, 3.05) is 0 Å². The molecule has 2 aliphatic carbocycles. The highest BCUT2D eigenvalue weighted by atomic mass is 28.3. The topological polar surface area (TPSA) is 20.2 Å². The van der Waals surface area contributed by atoms with Crippen LogP contribution in [0.15, 0.2) is 66.3 Å². The standard InChI is InChI=1S/C19H24OSi/c1-21(2,3)19-15-13-17(19)12-8-5-9-14-18(19,20)16-10-6-4-7-11-16/h4-12,14,20H,13,15H2,1-3H3/b8-5-,14-9-,17-12-/t18-,19-/m1/s1. The number of fused-ring (bicyclic) bond motifs is 1. The van der Waals surface area contributed by atoms with Crippen LogP contribution in [0.3, 0.4) is 0 Å². The van der Waals surface area contributed by atoms with Crippen molar-refractivity contribution >= 4 is 8.07 Å². The maximum absolute atomic E-state index is 11.8. The smallest absolute Gasteiger partial charge is 0.115 e. The molecule has 21 heavy (non-hydrogen) atoms. The third kappa shape index (κ3) is 1.93. The lowest BCUT2D eigenvalue weighted by Crippen LogP contribution is -2.58. The molecule has 0 saturated heterocycles. The summed E-state index contributed by atoms with van der Waals surface area (Å²) in [6, 6.07) is 10.2. The second kappa shape index (κ2) is 4.82. The summed E-state index contributed by atoms with van der Waals surface area (Å²) in [5, 5.41) is 11.7. The lowest BCUT2D eigenvalue weighted by Gasteiger charge is -2.61. The summed E-state index contributed by atoms with van der Waals surface area (Å²) in [4.78, 5) is 0. The van der Waals surface area contributed by atoms with Crippen LogP contribution in [0.25, 0.3) is 0 Å². The van der Waals surface area contributed by atoms with Crippen molar-refractivity contribution in [1.82, 2.24) is 0 Å². The molecule has 2 aliphatic rings.